The molecule has 1 heterocycles. The molecule has 0 saturated carbocycles. The molecule has 0 aromatic carbocycles. The Morgan fingerprint density at radius 1 is 1.71 bits per heavy atom. The first-order chi connectivity index (χ1) is 6.63. The summed E-state index contributed by atoms with van der Waals surface area (Å²) in [6, 6.07) is 2.19. The van der Waals surface area contributed by atoms with E-state index in [-0.39, 0.29) is 23.9 Å². The van der Waals surface area contributed by atoms with E-state index >= 15 is 0 Å². The smallest absolute Gasteiger partial charge is 0.272 e. The van der Waals surface area contributed by atoms with Crippen molar-refractivity contribution in [3.63, 3.8) is 0 Å². The molecule has 14 heavy (non-hydrogen) atoms. The van der Waals surface area contributed by atoms with Crippen molar-refractivity contribution in [3.05, 3.63) is 28.2 Å². The first-order valence-corrected chi connectivity index (χ1v) is 4.11. The number of rotatable bonds is 3. The third-order valence-electron chi connectivity index (χ3n) is 1.56. The van der Waals surface area contributed by atoms with Gasteiger partial charge in [0.2, 0.25) is 0 Å². The van der Waals surface area contributed by atoms with Crippen molar-refractivity contribution >= 4 is 5.91 Å². The summed E-state index contributed by atoms with van der Waals surface area (Å²) in [5, 5.41) is 16.9. The van der Waals surface area contributed by atoms with Gasteiger partial charge in [0, 0.05) is 12.1 Å². The van der Waals surface area contributed by atoms with E-state index in [2.05, 4.69) is 15.5 Å². The molecule has 1 amide bonds. The van der Waals surface area contributed by atoms with Crippen LogP contribution in [0.15, 0.2) is 16.9 Å². The number of nitrogens with one attached hydrogen (secondary N) is 2. The quantitative estimate of drug-likeness (QED) is 0.572. The Morgan fingerprint density at radius 2 is 2.43 bits per heavy atom. The van der Waals surface area contributed by atoms with E-state index in [0.29, 0.717) is 0 Å². The van der Waals surface area contributed by atoms with Gasteiger partial charge in [0.15, 0.2) is 0 Å². The first-order valence-electron chi connectivity index (χ1n) is 4.11. The van der Waals surface area contributed by atoms with Crippen LogP contribution in [0.3, 0.4) is 0 Å². The van der Waals surface area contributed by atoms with Crippen molar-refractivity contribution in [2.24, 2.45) is 0 Å². The number of carbonyl (C=O) groups excluding carboxylic acids is 1. The number of carbonyl (C=O) groups is 1. The minimum Gasteiger partial charge on any atom is -0.394 e. The number of aromatic nitrogens is 2. The van der Waals surface area contributed by atoms with Gasteiger partial charge in [-0.25, -0.2) is 5.10 Å². The highest BCUT2D eigenvalue weighted by atomic mass is 16.3. The predicted molar refractivity (Wildman–Crippen MR) is 48.9 cm³/mol. The normalized spacial score (nSPS) is 12.1. The standard InChI is InChI=1S/C8H11N3O3/c1-5(4-12)9-8(14)6-2-3-7(13)11-10-6/h2-3,5,12H,4H2,1H3,(H,9,14)(H,11,13)/t5-/m1/s1. The zero-order chi connectivity index (χ0) is 10.6. The third kappa shape index (κ3) is 2.67. The Bertz CT molecular complexity index is 354. The maximum Gasteiger partial charge on any atom is 0.272 e. The lowest BCUT2D eigenvalue weighted by Gasteiger charge is -2.09. The summed E-state index contributed by atoms with van der Waals surface area (Å²) in [5.41, 5.74) is -0.248. The van der Waals surface area contributed by atoms with Crippen molar-refractivity contribution in [2.75, 3.05) is 6.61 Å². The average Bonchev–Trinajstić information content (AvgIpc) is 2.18. The highest BCUT2D eigenvalue weighted by Gasteiger charge is 2.09. The average molecular weight is 197 g/mol. The van der Waals surface area contributed by atoms with E-state index in [1.807, 2.05) is 0 Å². The number of amides is 1. The first kappa shape index (κ1) is 10.4. The summed E-state index contributed by atoms with van der Waals surface area (Å²) >= 11 is 0. The molecule has 1 atom stereocenters. The zero-order valence-electron chi connectivity index (χ0n) is 7.65. The van der Waals surface area contributed by atoms with Gasteiger partial charge in [0.1, 0.15) is 5.69 Å². The van der Waals surface area contributed by atoms with Crippen molar-refractivity contribution in [1.29, 1.82) is 0 Å². The van der Waals surface area contributed by atoms with Gasteiger partial charge in [-0.3, -0.25) is 9.59 Å². The Hall–Kier alpha value is -1.69. The maximum atomic E-state index is 11.3. The van der Waals surface area contributed by atoms with Gasteiger partial charge in [-0.2, -0.15) is 5.10 Å². The van der Waals surface area contributed by atoms with E-state index in [1.54, 1.807) is 6.92 Å². The number of hydrogen-bond acceptors (Lipinski definition) is 4. The van der Waals surface area contributed by atoms with Crippen LogP contribution in [0.25, 0.3) is 0 Å². The molecule has 1 aromatic heterocycles. The Balaban J connectivity index is 2.70. The Morgan fingerprint density at radius 3 is 2.93 bits per heavy atom. The van der Waals surface area contributed by atoms with Crippen molar-refractivity contribution in [2.45, 2.75) is 13.0 Å². The SMILES string of the molecule is C[C@H](CO)NC(=O)c1ccc(=O)[nH]n1. The zero-order valence-corrected chi connectivity index (χ0v) is 7.65. The fourth-order valence-electron chi connectivity index (χ4n) is 0.814. The molecule has 0 spiro atoms. The summed E-state index contributed by atoms with van der Waals surface area (Å²) in [6.07, 6.45) is 0. The molecular weight excluding hydrogens is 186 g/mol. The van der Waals surface area contributed by atoms with Gasteiger partial charge in [-0.05, 0) is 13.0 Å². The van der Waals surface area contributed by atoms with Crippen molar-refractivity contribution in [1.82, 2.24) is 15.5 Å². The lowest BCUT2D eigenvalue weighted by atomic mass is 10.3. The molecule has 6 heteroatoms. The second kappa shape index (κ2) is 4.52. The lowest BCUT2D eigenvalue weighted by molar-refractivity contribution is 0.0916. The van der Waals surface area contributed by atoms with E-state index in [1.165, 1.54) is 12.1 Å². The van der Waals surface area contributed by atoms with Crippen LogP contribution in [-0.4, -0.2) is 33.9 Å². The molecule has 6 nitrogen and oxygen atoms in total. The van der Waals surface area contributed by atoms with Crippen LogP contribution in [-0.2, 0) is 0 Å². The number of aromatic amines is 1. The minimum atomic E-state index is -0.428. The molecular formula is C8H11N3O3. The molecule has 76 valence electrons. The largest absolute Gasteiger partial charge is 0.394 e. The molecule has 0 bridgehead atoms. The highest BCUT2D eigenvalue weighted by Crippen LogP contribution is 1.90. The number of aliphatic hydroxyl groups excluding tert-OH is 1. The Labute approximate surface area is 80.0 Å². The number of aliphatic hydroxyl groups is 1. The van der Waals surface area contributed by atoms with Gasteiger partial charge in [-0.1, -0.05) is 0 Å². The fraction of sp³-hybridized carbons (Fsp3) is 0.375. The van der Waals surface area contributed by atoms with Crippen molar-refractivity contribution in [3.8, 4) is 0 Å². The number of H-pyrrole nitrogens is 1. The Kier molecular flexibility index (Phi) is 3.35. The molecule has 0 aliphatic rings. The molecule has 1 aromatic rings. The predicted octanol–water partition coefficient (Wildman–Crippen LogP) is -1.12. The molecule has 0 radical (unpaired) electrons. The van der Waals surface area contributed by atoms with Crippen LogP contribution in [0.2, 0.25) is 0 Å². The second-order valence-electron chi connectivity index (χ2n) is 2.86. The van der Waals surface area contributed by atoms with Crippen LogP contribution < -0.4 is 10.9 Å². The van der Waals surface area contributed by atoms with E-state index in [0.717, 1.165) is 0 Å². The van der Waals surface area contributed by atoms with Gasteiger partial charge in [-0.15, -0.1) is 0 Å². The molecule has 1 rings (SSSR count). The monoisotopic (exact) mass is 197 g/mol. The van der Waals surface area contributed by atoms with Crippen LogP contribution >= 0.6 is 0 Å². The van der Waals surface area contributed by atoms with Gasteiger partial charge >= 0.3 is 0 Å². The molecule has 0 saturated heterocycles. The van der Waals surface area contributed by atoms with Gasteiger partial charge in [0.05, 0.1) is 6.61 Å². The molecule has 3 N–H and O–H groups in total. The van der Waals surface area contributed by atoms with Gasteiger partial charge < -0.3 is 10.4 Å². The summed E-state index contributed by atoms with van der Waals surface area (Å²) < 4.78 is 0. The summed E-state index contributed by atoms with van der Waals surface area (Å²) in [7, 11) is 0. The molecule has 0 aliphatic carbocycles. The lowest BCUT2D eigenvalue weighted by Crippen LogP contribution is -2.35. The second-order valence-corrected chi connectivity index (χ2v) is 2.86. The van der Waals surface area contributed by atoms with Crippen LogP contribution in [0.4, 0.5) is 0 Å². The molecule has 0 fully saturated rings. The van der Waals surface area contributed by atoms with Crippen molar-refractivity contribution < 1.29 is 9.90 Å². The van der Waals surface area contributed by atoms with E-state index in [9.17, 15) is 9.59 Å². The van der Waals surface area contributed by atoms with Gasteiger partial charge in [0.25, 0.3) is 11.5 Å². The number of nitrogens with zero attached hydrogens (tertiary/aromatic N) is 1. The minimum absolute atomic E-state index is 0.116. The highest BCUT2D eigenvalue weighted by molar-refractivity contribution is 5.92. The van der Waals surface area contributed by atoms with E-state index in [4.69, 9.17) is 5.11 Å². The van der Waals surface area contributed by atoms with E-state index < -0.39 is 5.91 Å². The summed E-state index contributed by atoms with van der Waals surface area (Å²) in [5.74, 6) is -0.428. The van der Waals surface area contributed by atoms with Crippen LogP contribution in [0.5, 0.6) is 0 Å². The maximum absolute atomic E-state index is 11.3. The topological polar surface area (TPSA) is 95.1 Å². The fourth-order valence-corrected chi connectivity index (χ4v) is 0.814. The summed E-state index contributed by atoms with van der Waals surface area (Å²) in [4.78, 5) is 22.0. The van der Waals surface area contributed by atoms with Crippen LogP contribution in [0, 0.1) is 0 Å². The molecule has 0 aliphatic heterocycles. The molecule has 0 unspecified atom stereocenters. The third-order valence-corrected chi connectivity index (χ3v) is 1.56. The van der Waals surface area contributed by atoms with Crippen LogP contribution in [0.1, 0.15) is 17.4 Å². The summed E-state index contributed by atoms with van der Waals surface area (Å²) in [6.45, 7) is 1.51. The number of hydrogen-bond donors (Lipinski definition) is 3.